The topological polar surface area (TPSA) is 192 Å². The number of hydrogen-bond acceptors (Lipinski definition) is 12. The Labute approximate surface area is 223 Å². The van der Waals surface area contributed by atoms with E-state index in [-0.39, 0.29) is 6.42 Å². The van der Waals surface area contributed by atoms with Crippen LogP contribution in [0.25, 0.3) is 0 Å². The molecule has 0 aromatic rings. The zero-order chi connectivity index (χ0) is 28.1. The highest BCUT2D eigenvalue weighted by molar-refractivity contribution is 5.89. The minimum absolute atomic E-state index is 0.187. The van der Waals surface area contributed by atoms with Crippen LogP contribution in [0, 0.1) is 0 Å². The van der Waals surface area contributed by atoms with E-state index in [9.17, 15) is 35.1 Å². The van der Waals surface area contributed by atoms with Gasteiger partial charge < -0.3 is 49.6 Å². The summed E-state index contributed by atoms with van der Waals surface area (Å²) < 4.78 is 20.5. The molecule has 7 atom stereocenters. The third-order valence-corrected chi connectivity index (χ3v) is 6.75. The molecular formula is C26H44O12. The first-order chi connectivity index (χ1) is 18.2. The van der Waals surface area contributed by atoms with E-state index in [0.29, 0.717) is 6.42 Å². The van der Waals surface area contributed by atoms with Gasteiger partial charge >= 0.3 is 11.9 Å². The summed E-state index contributed by atoms with van der Waals surface area (Å²) in [7, 11) is 0. The molecule has 2 heterocycles. The van der Waals surface area contributed by atoms with Gasteiger partial charge in [-0.05, 0) is 6.42 Å². The number of cyclic esters (lactones) is 1. The highest BCUT2D eigenvalue weighted by Gasteiger charge is 2.48. The van der Waals surface area contributed by atoms with Crippen LogP contribution >= 0.6 is 0 Å². The molecule has 2 aliphatic heterocycles. The molecule has 1 fully saturated rings. The second-order valence-electron chi connectivity index (χ2n) is 9.89. The lowest BCUT2D eigenvalue weighted by molar-refractivity contribution is -0.292. The molecule has 12 nitrogen and oxygen atoms in total. The molecular weight excluding hydrogens is 504 g/mol. The molecule has 0 aromatic carbocycles. The number of rotatable bonds is 18. The van der Waals surface area contributed by atoms with Crippen molar-refractivity contribution in [2.24, 2.45) is 0 Å². The molecule has 1 saturated heterocycles. The van der Waals surface area contributed by atoms with Gasteiger partial charge in [-0.25, -0.2) is 4.79 Å². The van der Waals surface area contributed by atoms with Crippen LogP contribution in [0.4, 0.5) is 0 Å². The van der Waals surface area contributed by atoms with E-state index in [2.05, 4.69) is 6.92 Å². The summed E-state index contributed by atoms with van der Waals surface area (Å²) in [5.74, 6) is -3.31. The van der Waals surface area contributed by atoms with Crippen LogP contribution in [0.15, 0.2) is 11.5 Å². The molecule has 2 aliphatic rings. The molecule has 0 saturated carbocycles. The first-order valence-corrected chi connectivity index (χ1v) is 13.7. The van der Waals surface area contributed by atoms with E-state index in [0.717, 1.165) is 19.3 Å². The van der Waals surface area contributed by atoms with Gasteiger partial charge in [-0.1, -0.05) is 71.1 Å². The summed E-state index contributed by atoms with van der Waals surface area (Å²) in [6.07, 6.45) is 1.32. The van der Waals surface area contributed by atoms with Crippen molar-refractivity contribution < 1.29 is 59.2 Å². The van der Waals surface area contributed by atoms with Crippen LogP contribution in [-0.4, -0.2) is 98.7 Å². The third kappa shape index (κ3) is 9.65. The second-order valence-corrected chi connectivity index (χ2v) is 9.89. The number of carbonyl (C=O) groups excluding carboxylic acids is 2. The van der Waals surface area contributed by atoms with Gasteiger partial charge in [-0.15, -0.1) is 0 Å². The Bertz CT molecular complexity index is 757. The molecule has 38 heavy (non-hydrogen) atoms. The monoisotopic (exact) mass is 548 g/mol. The molecule has 2 rings (SSSR count). The van der Waals surface area contributed by atoms with Crippen LogP contribution < -0.4 is 0 Å². The fraction of sp³-hybridized carbons (Fsp3) is 0.846. The predicted molar refractivity (Wildman–Crippen MR) is 132 cm³/mol. The number of aliphatic hydroxyl groups excluding tert-OH is 6. The zero-order valence-corrected chi connectivity index (χ0v) is 22.1. The maximum absolute atomic E-state index is 12.1. The van der Waals surface area contributed by atoms with E-state index >= 15 is 0 Å². The number of carbonyl (C=O) groups is 2. The highest BCUT2D eigenvalue weighted by Crippen LogP contribution is 2.29. The first kappa shape index (κ1) is 32.3. The van der Waals surface area contributed by atoms with E-state index in [1.54, 1.807) is 0 Å². The summed E-state index contributed by atoms with van der Waals surface area (Å²) in [6, 6.07) is 0. The molecule has 0 amide bonds. The Morgan fingerprint density at radius 3 is 2.08 bits per heavy atom. The van der Waals surface area contributed by atoms with Crippen LogP contribution in [0.5, 0.6) is 0 Å². The molecule has 6 N–H and O–H groups in total. The number of hydrogen-bond donors (Lipinski definition) is 6. The van der Waals surface area contributed by atoms with Gasteiger partial charge in [0, 0.05) is 6.42 Å². The standard InChI is InChI=1S/C26H44O12/c1-2-3-4-5-6-7-8-9-10-11-12-13-18(29)35-15-17-19(30)20(31)21(32)26(36-17)38-24-22(33)23(16(28)14-27)37-25(24)34/h16-17,19-21,23,26-28,30-33H,2-15H2,1H3/t16-,17+,19+,20-,21+,23+,26-/m0/s1. The summed E-state index contributed by atoms with van der Waals surface area (Å²) >= 11 is 0. The minimum atomic E-state index is -1.83. The molecule has 0 aromatic heterocycles. The van der Waals surface area contributed by atoms with Crippen LogP contribution in [0.3, 0.4) is 0 Å². The van der Waals surface area contributed by atoms with Crippen LogP contribution in [0.1, 0.15) is 84.0 Å². The fourth-order valence-corrected chi connectivity index (χ4v) is 4.37. The van der Waals surface area contributed by atoms with E-state index in [1.807, 2.05) is 0 Å². The van der Waals surface area contributed by atoms with Gasteiger partial charge in [0.05, 0.1) is 6.61 Å². The Kier molecular flexibility index (Phi) is 14.3. The molecule has 12 heteroatoms. The summed E-state index contributed by atoms with van der Waals surface area (Å²) in [5, 5.41) is 59.4. The average Bonchev–Trinajstić information content (AvgIpc) is 3.19. The molecule has 0 bridgehead atoms. The lowest BCUT2D eigenvalue weighted by Crippen LogP contribution is -2.59. The van der Waals surface area contributed by atoms with Gasteiger partial charge in [0.2, 0.25) is 12.0 Å². The SMILES string of the molecule is CCCCCCCCCCCCCC(=O)OC[C@H]1O[C@@H](OC2=C(O)[C@@H]([C@@H](O)CO)OC2=O)[C@H](O)[C@@H](O)[C@@H]1O. The second kappa shape index (κ2) is 16.9. The number of unbranched alkanes of at least 4 members (excludes halogenated alkanes) is 10. The largest absolute Gasteiger partial charge is 0.505 e. The van der Waals surface area contributed by atoms with Crippen molar-refractivity contribution >= 4 is 11.9 Å². The number of ether oxygens (including phenoxy) is 4. The fourth-order valence-electron chi connectivity index (χ4n) is 4.37. The Morgan fingerprint density at radius 1 is 0.921 bits per heavy atom. The van der Waals surface area contributed by atoms with Crippen LogP contribution in [-0.2, 0) is 28.5 Å². The highest BCUT2D eigenvalue weighted by atomic mass is 16.7. The normalized spacial score (nSPS) is 28.3. The van der Waals surface area contributed by atoms with Crippen molar-refractivity contribution in [3.8, 4) is 0 Å². The first-order valence-electron chi connectivity index (χ1n) is 13.7. The maximum atomic E-state index is 12.1. The van der Waals surface area contributed by atoms with Crippen molar-refractivity contribution in [2.45, 2.75) is 127 Å². The van der Waals surface area contributed by atoms with Gasteiger partial charge in [-0.2, -0.15) is 0 Å². The number of esters is 2. The van der Waals surface area contributed by atoms with Crippen molar-refractivity contribution in [1.82, 2.24) is 0 Å². The van der Waals surface area contributed by atoms with Gasteiger partial charge in [-0.3, -0.25) is 4.79 Å². The lowest BCUT2D eigenvalue weighted by atomic mass is 9.99. The summed E-state index contributed by atoms with van der Waals surface area (Å²) in [6.45, 7) is 0.953. The Morgan fingerprint density at radius 2 is 1.50 bits per heavy atom. The van der Waals surface area contributed by atoms with E-state index in [1.165, 1.54) is 44.9 Å². The molecule has 0 spiro atoms. The molecule has 0 unspecified atom stereocenters. The van der Waals surface area contributed by atoms with Gasteiger partial charge in [0.25, 0.3) is 0 Å². The molecule has 0 aliphatic carbocycles. The zero-order valence-electron chi connectivity index (χ0n) is 22.1. The predicted octanol–water partition coefficient (Wildman–Crippen LogP) is 1.10. The van der Waals surface area contributed by atoms with E-state index < -0.39 is 79.6 Å². The Balaban J connectivity index is 1.72. The van der Waals surface area contributed by atoms with Crippen molar-refractivity contribution in [2.75, 3.05) is 13.2 Å². The quantitative estimate of drug-likeness (QED) is 0.106. The third-order valence-electron chi connectivity index (χ3n) is 6.75. The van der Waals surface area contributed by atoms with Crippen molar-refractivity contribution in [3.05, 3.63) is 11.5 Å². The maximum Gasteiger partial charge on any atom is 0.378 e. The van der Waals surface area contributed by atoms with Crippen molar-refractivity contribution in [1.29, 1.82) is 0 Å². The summed E-state index contributed by atoms with van der Waals surface area (Å²) in [5.41, 5.74) is 0. The minimum Gasteiger partial charge on any atom is -0.505 e. The lowest BCUT2D eigenvalue weighted by Gasteiger charge is -2.39. The van der Waals surface area contributed by atoms with Crippen LogP contribution in [0.2, 0.25) is 0 Å². The van der Waals surface area contributed by atoms with Crippen molar-refractivity contribution in [3.63, 3.8) is 0 Å². The average molecular weight is 549 g/mol. The molecule has 0 radical (unpaired) electrons. The van der Waals surface area contributed by atoms with Gasteiger partial charge in [0.15, 0.2) is 11.9 Å². The van der Waals surface area contributed by atoms with E-state index in [4.69, 9.17) is 24.1 Å². The Hall–Kier alpha value is -1.96. The van der Waals surface area contributed by atoms with Gasteiger partial charge in [0.1, 0.15) is 37.1 Å². The number of aliphatic hydroxyl groups is 6. The smallest absolute Gasteiger partial charge is 0.378 e. The molecule has 220 valence electrons. The summed E-state index contributed by atoms with van der Waals surface area (Å²) in [4.78, 5) is 24.1.